The maximum Gasteiger partial charge on any atom is 0.407 e. The normalized spacial score (nSPS) is 10.4. The monoisotopic (exact) mass is 200 g/mol. The number of carboxylic acid groups (broad SMARTS) is 1. The number of hydrogen-bond acceptors (Lipinski definition) is 2. The topological polar surface area (TPSA) is 83.6 Å². The van der Waals surface area contributed by atoms with E-state index in [1.165, 1.54) is 0 Å². The predicted molar refractivity (Wildman–Crippen MR) is 52.8 cm³/mol. The molecular weight excluding hydrogens is 184 g/mol. The lowest BCUT2D eigenvalue weighted by molar-refractivity contribution is -0.118. The van der Waals surface area contributed by atoms with E-state index in [-0.39, 0.29) is 6.54 Å². The molecule has 80 valence electrons. The van der Waals surface area contributed by atoms with Gasteiger partial charge in [-0.3, -0.25) is 9.69 Å². The highest BCUT2D eigenvalue weighted by Crippen LogP contribution is 1.94. The molecule has 0 saturated heterocycles. The van der Waals surface area contributed by atoms with Crippen LogP contribution in [0.15, 0.2) is 12.2 Å². The number of rotatable bonds is 6. The SMILES string of the molecule is CC/C=C/CCN(CC(N)=O)C(=O)O. The summed E-state index contributed by atoms with van der Waals surface area (Å²) in [5.74, 6) is -0.633. The Morgan fingerprint density at radius 2 is 2.07 bits per heavy atom. The van der Waals surface area contributed by atoms with Crippen LogP contribution in [0.5, 0.6) is 0 Å². The zero-order valence-electron chi connectivity index (χ0n) is 8.27. The second kappa shape index (κ2) is 6.94. The minimum atomic E-state index is -1.12. The molecule has 0 aromatic heterocycles. The third-order valence-corrected chi connectivity index (χ3v) is 1.59. The quantitative estimate of drug-likeness (QED) is 0.622. The first-order chi connectivity index (χ1) is 6.57. The molecule has 0 aliphatic rings. The highest BCUT2D eigenvalue weighted by molar-refractivity contribution is 5.80. The van der Waals surface area contributed by atoms with Gasteiger partial charge in [-0.1, -0.05) is 19.1 Å². The lowest BCUT2D eigenvalue weighted by Gasteiger charge is -2.15. The first-order valence-electron chi connectivity index (χ1n) is 4.49. The van der Waals surface area contributed by atoms with Crippen LogP contribution in [0.4, 0.5) is 4.79 Å². The highest BCUT2D eigenvalue weighted by Gasteiger charge is 2.12. The van der Waals surface area contributed by atoms with Crippen LogP contribution < -0.4 is 5.73 Å². The van der Waals surface area contributed by atoms with Crippen molar-refractivity contribution in [2.24, 2.45) is 5.73 Å². The van der Waals surface area contributed by atoms with Gasteiger partial charge in [-0.15, -0.1) is 0 Å². The van der Waals surface area contributed by atoms with Crippen LogP contribution in [0.25, 0.3) is 0 Å². The van der Waals surface area contributed by atoms with Gasteiger partial charge >= 0.3 is 6.09 Å². The third-order valence-electron chi connectivity index (χ3n) is 1.59. The van der Waals surface area contributed by atoms with Gasteiger partial charge in [-0.2, -0.15) is 0 Å². The molecule has 0 aliphatic carbocycles. The standard InChI is InChI=1S/C9H16N2O3/c1-2-3-4-5-6-11(9(13)14)7-8(10)12/h3-4H,2,5-7H2,1H3,(H2,10,12)(H,13,14)/b4-3+. The molecule has 0 atom stereocenters. The van der Waals surface area contributed by atoms with Gasteiger partial charge in [0.2, 0.25) is 5.91 Å². The van der Waals surface area contributed by atoms with E-state index < -0.39 is 12.0 Å². The fourth-order valence-corrected chi connectivity index (χ4v) is 0.945. The molecule has 0 aromatic rings. The second-order valence-electron chi connectivity index (χ2n) is 2.84. The van der Waals surface area contributed by atoms with Crippen molar-refractivity contribution in [2.75, 3.05) is 13.1 Å². The number of nitrogens with zero attached hydrogens (tertiary/aromatic N) is 1. The second-order valence-corrected chi connectivity index (χ2v) is 2.84. The molecule has 0 unspecified atom stereocenters. The largest absolute Gasteiger partial charge is 0.465 e. The summed E-state index contributed by atoms with van der Waals surface area (Å²) in [4.78, 5) is 22.1. The van der Waals surface area contributed by atoms with Gasteiger partial charge in [0, 0.05) is 6.54 Å². The minimum Gasteiger partial charge on any atom is -0.465 e. The molecule has 5 nitrogen and oxygen atoms in total. The molecular formula is C9H16N2O3. The lowest BCUT2D eigenvalue weighted by atomic mass is 10.3. The molecule has 2 amide bonds. The van der Waals surface area contributed by atoms with Crippen LogP contribution in [-0.4, -0.2) is 35.1 Å². The van der Waals surface area contributed by atoms with Crippen LogP contribution in [0, 0.1) is 0 Å². The van der Waals surface area contributed by atoms with E-state index in [1.807, 2.05) is 19.1 Å². The Kier molecular flexibility index (Phi) is 6.19. The summed E-state index contributed by atoms with van der Waals surface area (Å²) in [5.41, 5.74) is 4.90. The summed E-state index contributed by atoms with van der Waals surface area (Å²) in [6, 6.07) is 0. The van der Waals surface area contributed by atoms with Gasteiger partial charge < -0.3 is 10.8 Å². The van der Waals surface area contributed by atoms with E-state index in [0.29, 0.717) is 13.0 Å². The van der Waals surface area contributed by atoms with Crippen molar-refractivity contribution in [3.63, 3.8) is 0 Å². The summed E-state index contributed by atoms with van der Waals surface area (Å²) >= 11 is 0. The number of amides is 2. The van der Waals surface area contributed by atoms with Crippen molar-refractivity contribution in [1.29, 1.82) is 0 Å². The van der Waals surface area contributed by atoms with Crippen molar-refractivity contribution in [3.05, 3.63) is 12.2 Å². The summed E-state index contributed by atoms with van der Waals surface area (Å²) in [5, 5.41) is 8.67. The van der Waals surface area contributed by atoms with Crippen LogP contribution in [0.3, 0.4) is 0 Å². The van der Waals surface area contributed by atoms with Crippen molar-refractivity contribution < 1.29 is 14.7 Å². The number of carbonyl (C=O) groups is 2. The maximum absolute atomic E-state index is 10.6. The van der Waals surface area contributed by atoms with Gasteiger partial charge in [0.15, 0.2) is 0 Å². The molecule has 0 spiro atoms. The Bertz CT molecular complexity index is 226. The Labute approximate surface area is 83.2 Å². The van der Waals surface area contributed by atoms with E-state index in [1.54, 1.807) is 0 Å². The fraction of sp³-hybridized carbons (Fsp3) is 0.556. The van der Waals surface area contributed by atoms with Crippen LogP contribution in [0.2, 0.25) is 0 Å². The number of carbonyl (C=O) groups excluding carboxylic acids is 1. The molecule has 0 saturated carbocycles. The number of primary amides is 1. The summed E-state index contributed by atoms with van der Waals surface area (Å²) in [6.07, 6.45) is 4.24. The smallest absolute Gasteiger partial charge is 0.407 e. The van der Waals surface area contributed by atoms with E-state index in [4.69, 9.17) is 10.8 Å². The Balaban J connectivity index is 3.91. The van der Waals surface area contributed by atoms with Crippen molar-refractivity contribution in [3.8, 4) is 0 Å². The summed E-state index contributed by atoms with van der Waals surface area (Å²) in [6.45, 7) is 2.05. The fourth-order valence-electron chi connectivity index (χ4n) is 0.945. The van der Waals surface area contributed by atoms with E-state index in [0.717, 1.165) is 11.3 Å². The average molecular weight is 200 g/mol. The van der Waals surface area contributed by atoms with E-state index in [2.05, 4.69) is 0 Å². The molecule has 0 heterocycles. The Morgan fingerprint density at radius 1 is 1.43 bits per heavy atom. The third kappa shape index (κ3) is 6.05. The van der Waals surface area contributed by atoms with Gasteiger partial charge in [-0.25, -0.2) is 4.79 Å². The van der Waals surface area contributed by atoms with Crippen molar-refractivity contribution in [2.45, 2.75) is 19.8 Å². The van der Waals surface area contributed by atoms with Crippen molar-refractivity contribution >= 4 is 12.0 Å². The van der Waals surface area contributed by atoms with Gasteiger partial charge in [0.25, 0.3) is 0 Å². The predicted octanol–water partition coefficient (Wildman–Crippen LogP) is 0.808. The van der Waals surface area contributed by atoms with Crippen molar-refractivity contribution in [1.82, 2.24) is 4.90 Å². The molecule has 0 aromatic carbocycles. The molecule has 0 bridgehead atoms. The summed E-state index contributed by atoms with van der Waals surface area (Å²) < 4.78 is 0. The zero-order valence-corrected chi connectivity index (χ0v) is 8.27. The zero-order chi connectivity index (χ0) is 11.0. The molecule has 3 N–H and O–H groups in total. The number of allylic oxidation sites excluding steroid dienone is 1. The molecule has 14 heavy (non-hydrogen) atoms. The minimum absolute atomic E-state index is 0.241. The van der Waals surface area contributed by atoms with Crippen LogP contribution in [0.1, 0.15) is 19.8 Å². The molecule has 0 radical (unpaired) electrons. The Hall–Kier alpha value is -1.52. The van der Waals surface area contributed by atoms with Gasteiger partial charge in [0.05, 0.1) is 0 Å². The average Bonchev–Trinajstić information content (AvgIpc) is 2.09. The summed E-state index contributed by atoms with van der Waals surface area (Å²) in [7, 11) is 0. The van der Waals surface area contributed by atoms with Gasteiger partial charge in [-0.05, 0) is 12.8 Å². The lowest BCUT2D eigenvalue weighted by Crippen LogP contribution is -2.37. The maximum atomic E-state index is 10.6. The Morgan fingerprint density at radius 3 is 2.50 bits per heavy atom. The first kappa shape index (κ1) is 12.5. The number of nitrogens with two attached hydrogens (primary N) is 1. The molecule has 0 aliphatic heterocycles. The van der Waals surface area contributed by atoms with E-state index in [9.17, 15) is 9.59 Å². The van der Waals surface area contributed by atoms with Crippen LogP contribution in [-0.2, 0) is 4.79 Å². The number of hydrogen-bond donors (Lipinski definition) is 2. The molecule has 0 fully saturated rings. The highest BCUT2D eigenvalue weighted by atomic mass is 16.4. The van der Waals surface area contributed by atoms with Crippen LogP contribution >= 0.6 is 0 Å². The van der Waals surface area contributed by atoms with Gasteiger partial charge in [0.1, 0.15) is 6.54 Å². The molecule has 5 heteroatoms. The molecule has 0 rings (SSSR count). The van der Waals surface area contributed by atoms with E-state index >= 15 is 0 Å². The first-order valence-corrected chi connectivity index (χ1v) is 4.49.